The maximum Gasteiger partial charge on any atom is 0.274 e. The second-order valence-electron chi connectivity index (χ2n) is 7.99. The highest BCUT2D eigenvalue weighted by Crippen LogP contribution is 2.29. The molecule has 0 spiro atoms. The van der Waals surface area contributed by atoms with Crippen molar-refractivity contribution in [2.24, 2.45) is 7.05 Å². The van der Waals surface area contributed by atoms with Crippen LogP contribution in [-0.4, -0.2) is 48.6 Å². The third-order valence-electron chi connectivity index (χ3n) is 5.96. The zero-order chi connectivity index (χ0) is 22.1. The summed E-state index contributed by atoms with van der Waals surface area (Å²) in [4.78, 5) is 39.5. The Labute approximate surface area is 184 Å². The van der Waals surface area contributed by atoms with Gasteiger partial charge in [-0.25, -0.2) is 14.6 Å². The normalized spacial score (nSPS) is 14.6. The summed E-state index contributed by atoms with van der Waals surface area (Å²) < 4.78 is 1.19. The molecule has 5 rings (SSSR count). The van der Waals surface area contributed by atoms with Crippen LogP contribution in [-0.2, 0) is 7.05 Å². The number of fused-ring (bicyclic) bond motifs is 1. The molecule has 1 aliphatic heterocycles. The Balaban J connectivity index is 1.29. The molecular weight excluding hydrogens is 404 g/mol. The fraction of sp³-hybridized carbons (Fsp3) is 0.250. The molecule has 1 saturated heterocycles. The van der Waals surface area contributed by atoms with Crippen LogP contribution < -0.4 is 5.56 Å². The fourth-order valence-electron chi connectivity index (χ4n) is 4.11. The van der Waals surface area contributed by atoms with Crippen molar-refractivity contribution in [3.05, 3.63) is 82.8 Å². The molecule has 1 amide bonds. The summed E-state index contributed by atoms with van der Waals surface area (Å²) >= 11 is 0. The summed E-state index contributed by atoms with van der Waals surface area (Å²) in [5.41, 5.74) is 3.91. The Morgan fingerprint density at radius 2 is 1.78 bits per heavy atom. The molecule has 1 aliphatic rings. The average molecular weight is 426 g/mol. The zero-order valence-electron chi connectivity index (χ0n) is 17.7. The van der Waals surface area contributed by atoms with E-state index in [0.717, 1.165) is 40.7 Å². The van der Waals surface area contributed by atoms with E-state index < -0.39 is 0 Å². The van der Waals surface area contributed by atoms with Crippen molar-refractivity contribution < 1.29 is 4.79 Å². The summed E-state index contributed by atoms with van der Waals surface area (Å²) in [6, 6.07) is 13.0. The van der Waals surface area contributed by atoms with Crippen LogP contribution in [0.15, 0.2) is 65.8 Å². The highest BCUT2D eigenvalue weighted by Gasteiger charge is 2.26. The summed E-state index contributed by atoms with van der Waals surface area (Å²) in [5.74, 6) is 0.133. The number of likely N-dealkylation sites (tertiary alicyclic amines) is 1. The van der Waals surface area contributed by atoms with Gasteiger partial charge in [-0.2, -0.15) is 5.10 Å². The minimum absolute atomic E-state index is 0.143. The van der Waals surface area contributed by atoms with Crippen LogP contribution in [0.2, 0.25) is 0 Å². The van der Waals surface area contributed by atoms with Crippen molar-refractivity contribution in [2.75, 3.05) is 13.1 Å². The van der Waals surface area contributed by atoms with Crippen LogP contribution in [0.3, 0.4) is 0 Å². The van der Waals surface area contributed by atoms with E-state index in [1.807, 2.05) is 18.3 Å². The van der Waals surface area contributed by atoms with Crippen LogP contribution in [0.1, 0.15) is 34.9 Å². The quantitative estimate of drug-likeness (QED) is 0.500. The number of carbonyl (C=O) groups is 1. The monoisotopic (exact) mass is 426 g/mol. The highest BCUT2D eigenvalue weighted by molar-refractivity contribution is 5.92. The molecule has 4 aromatic heterocycles. The van der Waals surface area contributed by atoms with Gasteiger partial charge in [-0.3, -0.25) is 14.6 Å². The van der Waals surface area contributed by atoms with Crippen LogP contribution in [0.5, 0.6) is 0 Å². The first-order valence-electron chi connectivity index (χ1n) is 10.6. The minimum Gasteiger partial charge on any atom is -0.337 e. The molecule has 1 fully saturated rings. The Morgan fingerprint density at radius 1 is 1.00 bits per heavy atom. The number of rotatable bonds is 3. The second-order valence-corrected chi connectivity index (χ2v) is 7.99. The van der Waals surface area contributed by atoms with Crippen molar-refractivity contribution in [1.82, 2.24) is 29.6 Å². The van der Waals surface area contributed by atoms with Gasteiger partial charge >= 0.3 is 0 Å². The molecule has 0 unspecified atom stereocenters. The summed E-state index contributed by atoms with van der Waals surface area (Å²) in [6.45, 7) is 1.25. The van der Waals surface area contributed by atoms with Crippen LogP contribution in [0.4, 0.5) is 0 Å². The SMILES string of the molecule is Cn1nc(C(=O)N2CCC(c3ccc4cc(-c5ccncc5)cnc4n3)CC2)ccc1=O. The van der Waals surface area contributed by atoms with E-state index in [1.54, 1.807) is 24.3 Å². The van der Waals surface area contributed by atoms with Crippen LogP contribution in [0.25, 0.3) is 22.2 Å². The molecule has 32 heavy (non-hydrogen) atoms. The van der Waals surface area contributed by atoms with E-state index in [1.165, 1.54) is 16.8 Å². The number of hydrogen-bond donors (Lipinski definition) is 0. The van der Waals surface area contributed by atoms with Crippen LogP contribution in [0, 0.1) is 0 Å². The molecule has 5 heterocycles. The maximum atomic E-state index is 12.7. The lowest BCUT2D eigenvalue weighted by atomic mass is 9.92. The summed E-state index contributed by atoms with van der Waals surface area (Å²) in [7, 11) is 1.55. The molecule has 4 aromatic rings. The van der Waals surface area contributed by atoms with Gasteiger partial charge in [-0.15, -0.1) is 0 Å². The van der Waals surface area contributed by atoms with E-state index in [2.05, 4.69) is 33.3 Å². The van der Waals surface area contributed by atoms with E-state index in [9.17, 15) is 9.59 Å². The lowest BCUT2D eigenvalue weighted by molar-refractivity contribution is 0.0703. The molecule has 0 saturated carbocycles. The van der Waals surface area contributed by atoms with E-state index in [0.29, 0.717) is 18.8 Å². The highest BCUT2D eigenvalue weighted by atomic mass is 16.2. The first kappa shape index (κ1) is 20.0. The third kappa shape index (κ3) is 3.87. The van der Waals surface area contributed by atoms with E-state index in [-0.39, 0.29) is 17.4 Å². The molecule has 8 heteroatoms. The number of aryl methyl sites for hydroxylation is 1. The number of pyridine rings is 3. The number of aromatic nitrogens is 5. The first-order valence-corrected chi connectivity index (χ1v) is 10.6. The van der Waals surface area contributed by atoms with Crippen LogP contribution >= 0.6 is 0 Å². The second kappa shape index (κ2) is 8.30. The van der Waals surface area contributed by atoms with Gasteiger partial charge in [0, 0.05) is 67.4 Å². The van der Waals surface area contributed by atoms with Gasteiger partial charge in [0.25, 0.3) is 11.5 Å². The van der Waals surface area contributed by atoms with Gasteiger partial charge in [0.05, 0.1) is 0 Å². The number of nitrogens with zero attached hydrogens (tertiary/aromatic N) is 6. The topological polar surface area (TPSA) is 93.9 Å². The first-order chi connectivity index (χ1) is 15.6. The third-order valence-corrected chi connectivity index (χ3v) is 5.96. The molecule has 0 aromatic carbocycles. The van der Waals surface area contributed by atoms with Gasteiger partial charge in [0.1, 0.15) is 5.69 Å². The minimum atomic E-state index is -0.232. The fourth-order valence-corrected chi connectivity index (χ4v) is 4.11. The molecule has 160 valence electrons. The molecule has 0 N–H and O–H groups in total. The lowest BCUT2D eigenvalue weighted by Crippen LogP contribution is -2.39. The zero-order valence-corrected chi connectivity index (χ0v) is 17.7. The molecule has 0 atom stereocenters. The number of carbonyl (C=O) groups excluding carboxylic acids is 1. The molecule has 0 aliphatic carbocycles. The Kier molecular flexibility index (Phi) is 5.18. The number of amides is 1. The molecule has 8 nitrogen and oxygen atoms in total. The summed E-state index contributed by atoms with van der Waals surface area (Å²) in [6.07, 6.45) is 7.03. The average Bonchev–Trinajstić information content (AvgIpc) is 2.85. The van der Waals surface area contributed by atoms with Gasteiger partial charge in [0.15, 0.2) is 5.65 Å². The van der Waals surface area contributed by atoms with Crippen molar-refractivity contribution in [2.45, 2.75) is 18.8 Å². The van der Waals surface area contributed by atoms with E-state index in [4.69, 9.17) is 4.98 Å². The molecular formula is C24H22N6O2. The number of piperidine rings is 1. The standard InChI is InChI=1S/C24H22N6O2/c1-29-22(31)5-4-21(28-29)24(32)30-12-8-17(9-13-30)20-3-2-18-14-19(15-26-23(18)27-20)16-6-10-25-11-7-16/h2-7,10-11,14-15,17H,8-9,12-13H2,1H3. The van der Waals surface area contributed by atoms with E-state index >= 15 is 0 Å². The van der Waals surface area contributed by atoms with Gasteiger partial charge in [0.2, 0.25) is 0 Å². The van der Waals surface area contributed by atoms with Crippen molar-refractivity contribution in [3.8, 4) is 11.1 Å². The Morgan fingerprint density at radius 3 is 2.53 bits per heavy atom. The predicted molar refractivity (Wildman–Crippen MR) is 120 cm³/mol. The summed E-state index contributed by atoms with van der Waals surface area (Å²) in [5, 5.41) is 5.07. The Bertz CT molecular complexity index is 1340. The van der Waals surface area contributed by atoms with Crippen molar-refractivity contribution in [1.29, 1.82) is 0 Å². The van der Waals surface area contributed by atoms with Gasteiger partial charge in [-0.1, -0.05) is 0 Å². The number of hydrogen-bond acceptors (Lipinski definition) is 6. The predicted octanol–water partition coefficient (Wildman–Crippen LogP) is 2.81. The maximum absolute atomic E-state index is 12.7. The van der Waals surface area contributed by atoms with Gasteiger partial charge in [-0.05, 0) is 54.8 Å². The van der Waals surface area contributed by atoms with Crippen molar-refractivity contribution >= 4 is 16.9 Å². The lowest BCUT2D eigenvalue weighted by Gasteiger charge is -2.31. The molecule has 0 bridgehead atoms. The largest absolute Gasteiger partial charge is 0.337 e. The van der Waals surface area contributed by atoms with Gasteiger partial charge < -0.3 is 4.90 Å². The van der Waals surface area contributed by atoms with Crippen molar-refractivity contribution in [3.63, 3.8) is 0 Å². The smallest absolute Gasteiger partial charge is 0.274 e. The molecule has 0 radical (unpaired) electrons. The Hall–Kier alpha value is -3.94.